The molecule has 0 aromatic heterocycles. The van der Waals surface area contributed by atoms with Crippen LogP contribution in [0.5, 0.6) is 0 Å². The van der Waals surface area contributed by atoms with Crippen molar-refractivity contribution in [3.05, 3.63) is 0 Å². The van der Waals surface area contributed by atoms with Gasteiger partial charge in [-0.1, -0.05) is 25.7 Å². The minimum Gasteiger partial charge on any atom is -0.327 e. The molecule has 0 spiro atoms. The molecule has 3 unspecified atom stereocenters. The normalized spacial score (nSPS) is 38.2. The van der Waals surface area contributed by atoms with E-state index in [0.717, 1.165) is 12.0 Å². The minimum atomic E-state index is 0.476. The predicted molar refractivity (Wildman–Crippen MR) is 69.4 cm³/mol. The van der Waals surface area contributed by atoms with Crippen LogP contribution >= 0.6 is 0 Å². The van der Waals surface area contributed by atoms with E-state index in [2.05, 4.69) is 11.8 Å². The Bertz CT molecular complexity index is 205. The predicted octanol–water partition coefficient (Wildman–Crippen LogP) is 2.77. The smallest absolute Gasteiger partial charge is 0.00793 e. The van der Waals surface area contributed by atoms with Crippen molar-refractivity contribution in [2.24, 2.45) is 11.7 Å². The van der Waals surface area contributed by atoms with Gasteiger partial charge in [0.15, 0.2) is 0 Å². The van der Waals surface area contributed by atoms with Crippen LogP contribution < -0.4 is 5.73 Å². The van der Waals surface area contributed by atoms with Gasteiger partial charge in [0.05, 0.1) is 0 Å². The van der Waals surface area contributed by atoms with Gasteiger partial charge in [0, 0.05) is 18.6 Å². The number of nitrogens with two attached hydrogens (primary N) is 1. The monoisotopic (exact) mass is 224 g/mol. The fraction of sp³-hybridized carbons (Fsp3) is 1.00. The lowest BCUT2D eigenvalue weighted by molar-refractivity contribution is 0.149. The number of likely N-dealkylation sites (tertiary alicyclic amines) is 1. The minimum absolute atomic E-state index is 0.476. The van der Waals surface area contributed by atoms with Gasteiger partial charge in [0.1, 0.15) is 0 Å². The molecule has 0 aromatic carbocycles. The van der Waals surface area contributed by atoms with Crippen molar-refractivity contribution in [3.63, 3.8) is 0 Å². The molecule has 2 fully saturated rings. The summed E-state index contributed by atoms with van der Waals surface area (Å²) in [6.07, 6.45) is 11.0. The van der Waals surface area contributed by atoms with Gasteiger partial charge in [0.2, 0.25) is 0 Å². The lowest BCUT2D eigenvalue weighted by Crippen LogP contribution is -2.44. The van der Waals surface area contributed by atoms with Crippen LogP contribution in [0, 0.1) is 5.92 Å². The van der Waals surface area contributed by atoms with E-state index in [9.17, 15) is 0 Å². The topological polar surface area (TPSA) is 29.3 Å². The molecule has 0 aromatic rings. The highest BCUT2D eigenvalue weighted by Gasteiger charge is 2.26. The highest BCUT2D eigenvalue weighted by atomic mass is 15.2. The fourth-order valence-electron chi connectivity index (χ4n) is 3.37. The van der Waals surface area contributed by atoms with Crippen LogP contribution in [0.1, 0.15) is 58.3 Å². The summed E-state index contributed by atoms with van der Waals surface area (Å²) in [6.45, 7) is 4.98. The zero-order chi connectivity index (χ0) is 11.4. The fourth-order valence-corrected chi connectivity index (χ4v) is 3.37. The van der Waals surface area contributed by atoms with Gasteiger partial charge in [-0.05, 0) is 45.1 Å². The van der Waals surface area contributed by atoms with Crippen LogP contribution in [0.15, 0.2) is 0 Å². The summed E-state index contributed by atoms with van der Waals surface area (Å²) in [4.78, 5) is 2.71. The molecule has 0 radical (unpaired) electrons. The Hall–Kier alpha value is -0.0800. The molecule has 1 saturated heterocycles. The van der Waals surface area contributed by atoms with E-state index >= 15 is 0 Å². The third-order valence-electron chi connectivity index (χ3n) is 4.63. The van der Waals surface area contributed by atoms with Crippen molar-refractivity contribution in [1.29, 1.82) is 0 Å². The molecule has 1 saturated carbocycles. The highest BCUT2D eigenvalue weighted by molar-refractivity contribution is 4.82. The van der Waals surface area contributed by atoms with Gasteiger partial charge < -0.3 is 10.6 Å². The summed E-state index contributed by atoms with van der Waals surface area (Å²) in [5.74, 6) is 0.772. The van der Waals surface area contributed by atoms with Crippen molar-refractivity contribution >= 4 is 0 Å². The highest BCUT2D eigenvalue weighted by Crippen LogP contribution is 2.26. The molecule has 2 heteroatoms. The SMILES string of the molecule is CC1CCCCCN1CC1CCCCC1N. The van der Waals surface area contributed by atoms with E-state index in [1.807, 2.05) is 0 Å². The first-order valence-electron chi connectivity index (χ1n) is 7.27. The second-order valence-electron chi connectivity index (χ2n) is 5.90. The molecule has 2 aliphatic rings. The van der Waals surface area contributed by atoms with E-state index in [0.29, 0.717) is 6.04 Å². The second kappa shape index (κ2) is 6.02. The standard InChI is InChI=1S/C14H28N2/c1-12-7-3-2-6-10-16(12)11-13-8-4-5-9-14(13)15/h12-14H,2-11,15H2,1H3. The largest absolute Gasteiger partial charge is 0.327 e. The van der Waals surface area contributed by atoms with Crippen LogP contribution in [0.3, 0.4) is 0 Å². The second-order valence-corrected chi connectivity index (χ2v) is 5.90. The number of nitrogens with zero attached hydrogens (tertiary/aromatic N) is 1. The summed E-state index contributed by atoms with van der Waals surface area (Å²) < 4.78 is 0. The molecule has 1 heterocycles. The maximum absolute atomic E-state index is 6.25. The lowest BCUT2D eigenvalue weighted by Gasteiger charge is -2.35. The molecule has 2 rings (SSSR count). The van der Waals surface area contributed by atoms with Crippen molar-refractivity contribution in [2.75, 3.05) is 13.1 Å². The summed E-state index contributed by atoms with van der Waals surface area (Å²) in [5.41, 5.74) is 6.25. The Morgan fingerprint density at radius 2 is 1.75 bits per heavy atom. The Labute approximate surface area is 101 Å². The molecule has 2 nitrogen and oxygen atoms in total. The van der Waals surface area contributed by atoms with E-state index in [-0.39, 0.29) is 0 Å². The first kappa shape index (κ1) is 12.4. The van der Waals surface area contributed by atoms with E-state index in [1.54, 1.807) is 0 Å². The molecular formula is C14H28N2. The van der Waals surface area contributed by atoms with Crippen molar-refractivity contribution in [2.45, 2.75) is 70.4 Å². The van der Waals surface area contributed by atoms with E-state index < -0.39 is 0 Å². The summed E-state index contributed by atoms with van der Waals surface area (Å²) >= 11 is 0. The zero-order valence-corrected chi connectivity index (χ0v) is 10.8. The molecule has 2 N–H and O–H groups in total. The van der Waals surface area contributed by atoms with Gasteiger partial charge in [-0.15, -0.1) is 0 Å². The van der Waals surface area contributed by atoms with Crippen LogP contribution in [-0.2, 0) is 0 Å². The molecule has 0 amide bonds. The zero-order valence-electron chi connectivity index (χ0n) is 10.8. The van der Waals surface area contributed by atoms with Crippen molar-refractivity contribution in [1.82, 2.24) is 4.90 Å². The average Bonchev–Trinajstić information content (AvgIpc) is 2.48. The first-order valence-corrected chi connectivity index (χ1v) is 7.27. The number of hydrogen-bond donors (Lipinski definition) is 1. The van der Waals surface area contributed by atoms with Gasteiger partial charge in [0.25, 0.3) is 0 Å². The molecular weight excluding hydrogens is 196 g/mol. The van der Waals surface area contributed by atoms with E-state index in [1.165, 1.54) is 64.5 Å². The molecule has 1 aliphatic heterocycles. The van der Waals surface area contributed by atoms with Gasteiger partial charge in [-0.2, -0.15) is 0 Å². The van der Waals surface area contributed by atoms with Crippen LogP contribution in [0.2, 0.25) is 0 Å². The van der Waals surface area contributed by atoms with Crippen LogP contribution in [0.4, 0.5) is 0 Å². The first-order chi connectivity index (χ1) is 7.77. The van der Waals surface area contributed by atoms with Crippen molar-refractivity contribution in [3.8, 4) is 0 Å². The molecule has 0 bridgehead atoms. The molecule has 1 aliphatic carbocycles. The van der Waals surface area contributed by atoms with Crippen molar-refractivity contribution < 1.29 is 0 Å². The molecule has 16 heavy (non-hydrogen) atoms. The third kappa shape index (κ3) is 3.21. The summed E-state index contributed by atoms with van der Waals surface area (Å²) in [7, 11) is 0. The molecule has 94 valence electrons. The quantitative estimate of drug-likeness (QED) is 0.781. The summed E-state index contributed by atoms with van der Waals surface area (Å²) in [5, 5.41) is 0. The molecule has 3 atom stereocenters. The Morgan fingerprint density at radius 1 is 1.00 bits per heavy atom. The maximum atomic E-state index is 6.25. The van der Waals surface area contributed by atoms with Crippen LogP contribution in [0.25, 0.3) is 0 Å². The van der Waals surface area contributed by atoms with Gasteiger partial charge in [-0.3, -0.25) is 0 Å². The Morgan fingerprint density at radius 3 is 2.56 bits per heavy atom. The van der Waals surface area contributed by atoms with Gasteiger partial charge >= 0.3 is 0 Å². The Balaban J connectivity index is 1.86. The van der Waals surface area contributed by atoms with E-state index in [4.69, 9.17) is 5.73 Å². The summed E-state index contributed by atoms with van der Waals surface area (Å²) in [6, 6.07) is 1.26. The Kier molecular flexibility index (Phi) is 4.66. The maximum Gasteiger partial charge on any atom is 0.00793 e. The van der Waals surface area contributed by atoms with Gasteiger partial charge in [-0.25, -0.2) is 0 Å². The van der Waals surface area contributed by atoms with Crippen LogP contribution in [-0.4, -0.2) is 30.1 Å². The average molecular weight is 224 g/mol. The third-order valence-corrected chi connectivity index (χ3v) is 4.63. The lowest BCUT2D eigenvalue weighted by atomic mass is 9.84. The number of hydrogen-bond acceptors (Lipinski definition) is 2. The number of rotatable bonds is 2.